The number of hydrogen-bond donors (Lipinski definition) is 0. The second kappa shape index (κ2) is 6.72. The van der Waals surface area contributed by atoms with Crippen LogP contribution in [-0.4, -0.2) is 28.6 Å². The van der Waals surface area contributed by atoms with Gasteiger partial charge in [-0.3, -0.25) is 4.79 Å². The maximum Gasteiger partial charge on any atom is 0.173 e. The Kier molecular flexibility index (Phi) is 4.43. The van der Waals surface area contributed by atoms with Crippen LogP contribution in [0.1, 0.15) is 27.2 Å². The molecule has 4 rings (SSSR count). The van der Waals surface area contributed by atoms with Crippen LogP contribution in [0.15, 0.2) is 29.6 Å². The van der Waals surface area contributed by atoms with Gasteiger partial charge in [-0.15, -0.1) is 11.3 Å². The van der Waals surface area contributed by atoms with Crippen LogP contribution in [0.3, 0.4) is 0 Å². The molecule has 0 atom stereocenters. The van der Waals surface area contributed by atoms with E-state index in [0.717, 1.165) is 28.1 Å². The third-order valence-electron chi connectivity index (χ3n) is 4.28. The van der Waals surface area contributed by atoms with E-state index in [1.54, 1.807) is 23.7 Å². The van der Waals surface area contributed by atoms with Crippen molar-refractivity contribution < 1.29 is 13.9 Å². The number of nitrogens with zero attached hydrogens (tertiary/aromatic N) is 2. The van der Waals surface area contributed by atoms with Gasteiger partial charge >= 0.3 is 0 Å². The third-order valence-corrected chi connectivity index (χ3v) is 6.47. The molecule has 4 nitrogen and oxygen atoms in total. The van der Waals surface area contributed by atoms with Gasteiger partial charge in [-0.1, -0.05) is 11.8 Å². The number of hydrogen-bond acceptors (Lipinski definition) is 6. The highest BCUT2D eigenvalue weighted by molar-refractivity contribution is 8.00. The maximum absolute atomic E-state index is 13.8. The standard InChI is InChI=1S/C18H15FN2O2S2/c1-23-14-6-5-10(7-12(14)19)13(22)8-24-17-16-11-3-2-4-15(11)25-18(16)21-9-20-17/h5-7,9H,2-4,8H2,1H3. The molecule has 0 radical (unpaired) electrons. The molecule has 0 saturated heterocycles. The minimum absolute atomic E-state index is 0.134. The molecule has 0 spiro atoms. The van der Waals surface area contributed by atoms with E-state index in [9.17, 15) is 9.18 Å². The lowest BCUT2D eigenvalue weighted by molar-refractivity contribution is 0.102. The van der Waals surface area contributed by atoms with Crippen LogP contribution in [0, 0.1) is 5.82 Å². The molecular weight excluding hydrogens is 359 g/mol. The fraction of sp³-hybridized carbons (Fsp3) is 0.278. The molecule has 2 aromatic heterocycles. The number of thiophene rings is 1. The number of methoxy groups -OCH3 is 1. The summed E-state index contributed by atoms with van der Waals surface area (Å²) in [7, 11) is 1.40. The summed E-state index contributed by atoms with van der Waals surface area (Å²) in [4.78, 5) is 23.5. The average Bonchev–Trinajstić information content (AvgIpc) is 3.20. The third kappa shape index (κ3) is 3.02. The number of aryl methyl sites for hydroxylation is 2. The highest BCUT2D eigenvalue weighted by Crippen LogP contribution is 2.40. The smallest absolute Gasteiger partial charge is 0.173 e. The van der Waals surface area contributed by atoms with Gasteiger partial charge in [0.05, 0.1) is 12.9 Å². The first kappa shape index (κ1) is 16.5. The lowest BCUT2D eigenvalue weighted by Crippen LogP contribution is -2.04. The Labute approximate surface area is 152 Å². The van der Waals surface area contributed by atoms with Gasteiger partial charge in [0.15, 0.2) is 17.3 Å². The quantitative estimate of drug-likeness (QED) is 0.379. The summed E-state index contributed by atoms with van der Waals surface area (Å²) in [6.45, 7) is 0. The van der Waals surface area contributed by atoms with Crippen LogP contribution in [0.2, 0.25) is 0 Å². The molecule has 0 bridgehead atoms. The number of rotatable bonds is 5. The molecule has 0 saturated carbocycles. The van der Waals surface area contributed by atoms with Gasteiger partial charge in [0.1, 0.15) is 16.2 Å². The number of ether oxygens (including phenoxy) is 1. The SMILES string of the molecule is COc1ccc(C(=O)CSc2ncnc3sc4c(c23)CCC4)cc1F. The molecule has 0 unspecified atom stereocenters. The molecular formula is C18H15FN2O2S2. The summed E-state index contributed by atoms with van der Waals surface area (Å²) >= 11 is 3.12. The van der Waals surface area contributed by atoms with Gasteiger partial charge in [0, 0.05) is 15.8 Å². The van der Waals surface area contributed by atoms with Crippen LogP contribution in [-0.2, 0) is 12.8 Å². The molecule has 7 heteroatoms. The monoisotopic (exact) mass is 374 g/mol. The number of ketones is 1. The number of carbonyl (C=O) groups is 1. The normalized spacial score (nSPS) is 13.2. The fourth-order valence-electron chi connectivity index (χ4n) is 3.07. The van der Waals surface area contributed by atoms with Crippen LogP contribution in [0.25, 0.3) is 10.2 Å². The Bertz CT molecular complexity index is 971. The zero-order valence-electron chi connectivity index (χ0n) is 13.5. The Morgan fingerprint density at radius 1 is 1.36 bits per heavy atom. The first-order valence-corrected chi connectivity index (χ1v) is 9.72. The molecule has 0 amide bonds. The highest BCUT2D eigenvalue weighted by Gasteiger charge is 2.22. The highest BCUT2D eigenvalue weighted by atomic mass is 32.2. The predicted octanol–water partition coefficient (Wildman–Crippen LogP) is 4.30. The van der Waals surface area contributed by atoms with E-state index in [4.69, 9.17) is 4.74 Å². The van der Waals surface area contributed by atoms with Crippen molar-refractivity contribution in [1.29, 1.82) is 0 Å². The number of Topliss-reactive ketones (excluding diaryl/α,β-unsaturated/α-hetero) is 1. The van der Waals surface area contributed by atoms with Crippen molar-refractivity contribution in [3.05, 3.63) is 46.3 Å². The molecule has 1 aromatic carbocycles. The van der Waals surface area contributed by atoms with E-state index in [0.29, 0.717) is 5.56 Å². The predicted molar refractivity (Wildman–Crippen MR) is 97.4 cm³/mol. The minimum atomic E-state index is -0.529. The van der Waals surface area contributed by atoms with Crippen LogP contribution in [0.4, 0.5) is 4.39 Å². The summed E-state index contributed by atoms with van der Waals surface area (Å²) in [6.07, 6.45) is 4.87. The van der Waals surface area contributed by atoms with Crippen molar-refractivity contribution in [3.63, 3.8) is 0 Å². The first-order chi connectivity index (χ1) is 12.2. The molecule has 1 aliphatic rings. The molecule has 128 valence electrons. The van der Waals surface area contributed by atoms with Crippen molar-refractivity contribution >= 4 is 39.1 Å². The van der Waals surface area contributed by atoms with E-state index < -0.39 is 5.82 Å². The van der Waals surface area contributed by atoms with E-state index in [1.807, 2.05) is 0 Å². The lowest BCUT2D eigenvalue weighted by Gasteiger charge is -2.06. The Morgan fingerprint density at radius 2 is 2.24 bits per heavy atom. The zero-order chi connectivity index (χ0) is 17.4. The van der Waals surface area contributed by atoms with Crippen LogP contribution < -0.4 is 4.74 Å². The molecule has 0 aliphatic heterocycles. The minimum Gasteiger partial charge on any atom is -0.494 e. The summed E-state index contributed by atoms with van der Waals surface area (Å²) in [6, 6.07) is 4.28. The summed E-state index contributed by atoms with van der Waals surface area (Å²) in [5.41, 5.74) is 1.68. The Hall–Kier alpha value is -1.99. The molecule has 25 heavy (non-hydrogen) atoms. The zero-order valence-corrected chi connectivity index (χ0v) is 15.2. The molecule has 3 aromatic rings. The number of fused-ring (bicyclic) bond motifs is 3. The van der Waals surface area contributed by atoms with Gasteiger partial charge in [-0.2, -0.15) is 0 Å². The second-order valence-corrected chi connectivity index (χ2v) is 7.83. The topological polar surface area (TPSA) is 52.1 Å². The maximum atomic E-state index is 13.8. The van der Waals surface area contributed by atoms with Gasteiger partial charge in [-0.25, -0.2) is 14.4 Å². The van der Waals surface area contributed by atoms with Crippen molar-refractivity contribution in [3.8, 4) is 5.75 Å². The van der Waals surface area contributed by atoms with Crippen molar-refractivity contribution in [2.75, 3.05) is 12.9 Å². The van der Waals surface area contributed by atoms with Gasteiger partial charge in [0.2, 0.25) is 0 Å². The summed E-state index contributed by atoms with van der Waals surface area (Å²) < 4.78 is 18.7. The van der Waals surface area contributed by atoms with Crippen LogP contribution in [0.5, 0.6) is 5.75 Å². The number of carbonyl (C=O) groups excluding carboxylic acids is 1. The molecule has 0 fully saturated rings. The number of aromatic nitrogens is 2. The largest absolute Gasteiger partial charge is 0.494 e. The lowest BCUT2D eigenvalue weighted by atomic mass is 10.1. The Morgan fingerprint density at radius 3 is 3.04 bits per heavy atom. The van der Waals surface area contributed by atoms with Crippen molar-refractivity contribution in [2.24, 2.45) is 0 Å². The van der Waals surface area contributed by atoms with Crippen molar-refractivity contribution in [2.45, 2.75) is 24.3 Å². The number of benzene rings is 1. The van der Waals surface area contributed by atoms with Crippen LogP contribution >= 0.6 is 23.1 Å². The van der Waals surface area contributed by atoms with E-state index in [2.05, 4.69) is 9.97 Å². The molecule has 2 heterocycles. The van der Waals surface area contributed by atoms with Crippen molar-refractivity contribution in [1.82, 2.24) is 9.97 Å². The van der Waals surface area contributed by atoms with Gasteiger partial charge in [0.25, 0.3) is 0 Å². The molecule has 0 N–H and O–H groups in total. The fourth-order valence-corrected chi connectivity index (χ4v) is 5.28. The molecule has 1 aliphatic carbocycles. The van der Waals surface area contributed by atoms with E-state index in [-0.39, 0.29) is 17.3 Å². The average molecular weight is 374 g/mol. The summed E-state index contributed by atoms with van der Waals surface area (Å²) in [5, 5.41) is 1.94. The van der Waals surface area contributed by atoms with Gasteiger partial charge < -0.3 is 4.74 Å². The van der Waals surface area contributed by atoms with E-state index >= 15 is 0 Å². The second-order valence-electron chi connectivity index (χ2n) is 5.78. The number of thioether (sulfide) groups is 1. The van der Waals surface area contributed by atoms with E-state index in [1.165, 1.54) is 47.9 Å². The van der Waals surface area contributed by atoms with Gasteiger partial charge in [-0.05, 0) is 43.0 Å². The Balaban J connectivity index is 1.56. The number of halogens is 1. The first-order valence-electron chi connectivity index (χ1n) is 7.92. The summed E-state index contributed by atoms with van der Waals surface area (Å²) in [5.74, 6) is -0.318.